The summed E-state index contributed by atoms with van der Waals surface area (Å²) in [5.74, 6) is 0.0586. The number of benzene rings is 1. The molecule has 0 saturated carbocycles. The number of halogens is 2. The van der Waals surface area contributed by atoms with Crippen molar-refractivity contribution in [2.24, 2.45) is 11.7 Å². The first-order valence-corrected chi connectivity index (χ1v) is 7.97. The van der Waals surface area contributed by atoms with Crippen LogP contribution in [0.15, 0.2) is 24.3 Å². The molecule has 1 heterocycles. The summed E-state index contributed by atoms with van der Waals surface area (Å²) in [6, 6.07) is 7.94. The molecule has 1 aliphatic heterocycles. The Morgan fingerprint density at radius 1 is 1.17 bits per heavy atom. The highest BCUT2D eigenvalue weighted by Crippen LogP contribution is 2.09. The van der Waals surface area contributed by atoms with Crippen molar-refractivity contribution in [1.29, 1.82) is 0 Å². The normalized spacial score (nSPS) is 16.0. The zero-order valence-electron chi connectivity index (χ0n) is 14.4. The number of rotatable bonds is 6. The van der Waals surface area contributed by atoms with E-state index in [1.807, 2.05) is 13.8 Å². The van der Waals surface area contributed by atoms with E-state index >= 15 is 0 Å². The number of amides is 1. The molecule has 1 amide bonds. The first-order valence-electron chi connectivity index (χ1n) is 7.97. The van der Waals surface area contributed by atoms with Gasteiger partial charge in [-0.2, -0.15) is 0 Å². The van der Waals surface area contributed by atoms with E-state index in [4.69, 9.17) is 10.5 Å². The summed E-state index contributed by atoms with van der Waals surface area (Å²) in [4.78, 5) is 14.2. The predicted molar refractivity (Wildman–Crippen MR) is 102 cm³/mol. The van der Waals surface area contributed by atoms with Crippen molar-refractivity contribution in [2.75, 3.05) is 26.3 Å². The van der Waals surface area contributed by atoms with E-state index in [1.165, 1.54) is 5.56 Å². The summed E-state index contributed by atoms with van der Waals surface area (Å²) < 4.78 is 5.35. The zero-order chi connectivity index (χ0) is 15.9. The highest BCUT2D eigenvalue weighted by Gasteiger charge is 2.16. The Morgan fingerprint density at radius 2 is 1.71 bits per heavy atom. The average Bonchev–Trinajstić information content (AvgIpc) is 2.54. The number of carbonyl (C=O) groups excluding carboxylic acids is 1. The van der Waals surface area contributed by atoms with Crippen molar-refractivity contribution in [3.05, 3.63) is 35.4 Å². The molecule has 0 aromatic heterocycles. The highest BCUT2D eigenvalue weighted by atomic mass is 35.5. The number of carbonyl (C=O) groups is 1. The topological polar surface area (TPSA) is 67.6 Å². The molecule has 1 unspecified atom stereocenters. The van der Waals surface area contributed by atoms with Crippen LogP contribution in [-0.2, 0) is 22.6 Å². The lowest BCUT2D eigenvalue weighted by molar-refractivity contribution is -0.123. The van der Waals surface area contributed by atoms with Gasteiger partial charge >= 0.3 is 0 Å². The van der Waals surface area contributed by atoms with Crippen LogP contribution in [-0.4, -0.2) is 43.2 Å². The predicted octanol–water partition coefficient (Wildman–Crippen LogP) is 1.96. The van der Waals surface area contributed by atoms with Crippen molar-refractivity contribution in [1.82, 2.24) is 10.2 Å². The lowest BCUT2D eigenvalue weighted by Gasteiger charge is -2.26. The van der Waals surface area contributed by atoms with Crippen LogP contribution < -0.4 is 11.1 Å². The third-order valence-corrected chi connectivity index (χ3v) is 4.02. The van der Waals surface area contributed by atoms with Gasteiger partial charge in [-0.1, -0.05) is 38.1 Å². The van der Waals surface area contributed by atoms with E-state index in [0.29, 0.717) is 6.54 Å². The first-order chi connectivity index (χ1) is 10.6. The summed E-state index contributed by atoms with van der Waals surface area (Å²) in [7, 11) is 0. The molecular formula is C17H29Cl2N3O2. The fourth-order valence-corrected chi connectivity index (χ4v) is 2.39. The molecule has 1 aromatic rings. The van der Waals surface area contributed by atoms with Gasteiger partial charge in [0.15, 0.2) is 0 Å². The Labute approximate surface area is 157 Å². The minimum absolute atomic E-state index is 0. The third-order valence-electron chi connectivity index (χ3n) is 4.02. The van der Waals surface area contributed by atoms with Crippen LogP contribution in [0.4, 0.5) is 0 Å². The molecule has 3 N–H and O–H groups in total. The quantitative estimate of drug-likeness (QED) is 0.794. The van der Waals surface area contributed by atoms with Gasteiger partial charge in [-0.05, 0) is 17.0 Å². The molecule has 1 saturated heterocycles. The van der Waals surface area contributed by atoms with Crippen LogP contribution in [0.5, 0.6) is 0 Å². The van der Waals surface area contributed by atoms with E-state index in [9.17, 15) is 4.79 Å². The molecular weight excluding hydrogens is 349 g/mol. The summed E-state index contributed by atoms with van der Waals surface area (Å²) in [5.41, 5.74) is 8.21. The minimum atomic E-state index is -0.444. The maximum atomic E-state index is 11.8. The van der Waals surface area contributed by atoms with E-state index < -0.39 is 6.04 Å². The number of morpholine rings is 1. The second-order valence-corrected chi connectivity index (χ2v) is 6.19. The fraction of sp³-hybridized carbons (Fsp3) is 0.588. The molecule has 24 heavy (non-hydrogen) atoms. The molecule has 1 aromatic carbocycles. The fourth-order valence-electron chi connectivity index (χ4n) is 2.39. The summed E-state index contributed by atoms with van der Waals surface area (Å²) in [6.45, 7) is 9.00. The maximum absolute atomic E-state index is 11.8. The van der Waals surface area contributed by atoms with Gasteiger partial charge in [-0.3, -0.25) is 9.69 Å². The second kappa shape index (κ2) is 11.7. The van der Waals surface area contributed by atoms with Gasteiger partial charge in [-0.25, -0.2) is 0 Å². The van der Waals surface area contributed by atoms with Crippen LogP contribution >= 0.6 is 24.8 Å². The van der Waals surface area contributed by atoms with Crippen molar-refractivity contribution in [3.63, 3.8) is 0 Å². The van der Waals surface area contributed by atoms with Gasteiger partial charge in [0.25, 0.3) is 0 Å². The van der Waals surface area contributed by atoms with Gasteiger partial charge in [-0.15, -0.1) is 24.8 Å². The van der Waals surface area contributed by atoms with E-state index in [2.05, 4.69) is 34.5 Å². The smallest absolute Gasteiger partial charge is 0.237 e. The Balaban J connectivity index is 0.00000264. The highest BCUT2D eigenvalue weighted by molar-refractivity contribution is 5.85. The van der Waals surface area contributed by atoms with Gasteiger partial charge < -0.3 is 15.8 Å². The molecule has 138 valence electrons. The third kappa shape index (κ3) is 7.36. The van der Waals surface area contributed by atoms with E-state index in [-0.39, 0.29) is 36.6 Å². The summed E-state index contributed by atoms with van der Waals surface area (Å²) in [5, 5.41) is 2.89. The van der Waals surface area contributed by atoms with Crippen molar-refractivity contribution in [3.8, 4) is 0 Å². The van der Waals surface area contributed by atoms with Gasteiger partial charge in [0.05, 0.1) is 19.3 Å². The Kier molecular flexibility index (Phi) is 11.2. The Bertz CT molecular complexity index is 477. The van der Waals surface area contributed by atoms with Gasteiger partial charge in [0.2, 0.25) is 5.91 Å². The second-order valence-electron chi connectivity index (χ2n) is 6.19. The van der Waals surface area contributed by atoms with Crippen LogP contribution in [0.1, 0.15) is 25.0 Å². The van der Waals surface area contributed by atoms with Crippen LogP contribution in [0.2, 0.25) is 0 Å². The molecule has 1 aliphatic rings. The average molecular weight is 378 g/mol. The number of nitrogens with zero attached hydrogens (tertiary/aromatic N) is 1. The first kappa shape index (κ1) is 23.1. The molecule has 7 heteroatoms. The summed E-state index contributed by atoms with van der Waals surface area (Å²) >= 11 is 0. The zero-order valence-corrected chi connectivity index (χ0v) is 16.0. The lowest BCUT2D eigenvalue weighted by atomic mass is 10.0. The molecule has 0 aliphatic carbocycles. The molecule has 0 spiro atoms. The maximum Gasteiger partial charge on any atom is 0.237 e. The lowest BCUT2D eigenvalue weighted by Crippen LogP contribution is -2.43. The van der Waals surface area contributed by atoms with E-state index in [1.54, 1.807) is 0 Å². The number of nitrogens with one attached hydrogen (secondary N) is 1. The molecule has 0 radical (unpaired) electrons. The van der Waals surface area contributed by atoms with Crippen LogP contribution in [0, 0.1) is 5.92 Å². The van der Waals surface area contributed by atoms with Crippen molar-refractivity contribution >= 4 is 30.7 Å². The minimum Gasteiger partial charge on any atom is -0.379 e. The van der Waals surface area contributed by atoms with Gasteiger partial charge in [0, 0.05) is 26.2 Å². The largest absolute Gasteiger partial charge is 0.379 e. The molecule has 5 nitrogen and oxygen atoms in total. The number of nitrogens with two attached hydrogens (primary N) is 1. The standard InChI is InChI=1S/C17H27N3O2.2ClH/c1-13(2)16(18)17(21)19-11-14-3-5-15(6-4-14)12-20-7-9-22-10-8-20;;/h3-6,13,16H,7-12,18H2,1-2H3,(H,19,21);2*1H. The molecule has 0 bridgehead atoms. The van der Waals surface area contributed by atoms with Crippen LogP contribution in [0.25, 0.3) is 0 Å². The number of ether oxygens (including phenoxy) is 1. The monoisotopic (exact) mass is 377 g/mol. The Morgan fingerprint density at radius 3 is 2.25 bits per heavy atom. The van der Waals surface area contributed by atoms with Crippen LogP contribution in [0.3, 0.4) is 0 Å². The molecule has 1 atom stereocenters. The van der Waals surface area contributed by atoms with Crippen molar-refractivity contribution < 1.29 is 9.53 Å². The Hall–Kier alpha value is -0.850. The molecule has 2 rings (SSSR count). The summed E-state index contributed by atoms with van der Waals surface area (Å²) in [6.07, 6.45) is 0. The SMILES string of the molecule is CC(C)C(N)C(=O)NCc1ccc(CN2CCOCC2)cc1.Cl.Cl. The molecule has 1 fully saturated rings. The van der Waals surface area contributed by atoms with Gasteiger partial charge in [0.1, 0.15) is 0 Å². The number of hydrogen-bond donors (Lipinski definition) is 2. The number of hydrogen-bond acceptors (Lipinski definition) is 4. The van der Waals surface area contributed by atoms with E-state index in [0.717, 1.165) is 38.4 Å². The van der Waals surface area contributed by atoms with Crippen molar-refractivity contribution in [2.45, 2.75) is 33.0 Å².